The third-order valence-electron chi connectivity index (χ3n) is 4.82. The molecule has 4 aromatic rings. The van der Waals surface area contributed by atoms with Gasteiger partial charge in [0, 0.05) is 31.0 Å². The molecule has 2 amide bonds. The van der Waals surface area contributed by atoms with Crippen molar-refractivity contribution in [1.82, 2.24) is 14.9 Å². The fourth-order valence-corrected chi connectivity index (χ4v) is 4.26. The molecule has 0 aliphatic rings. The standard InChI is InChI=1S/C23H22N4O2S/c1-3-27(15-16-11-13-24-14-12-16)23(28)26-22-25-20-19(29-2)10-9-18(21(20)30-22)17-7-5-4-6-8-17/h4-14H,3,15H2,1-2H3,(H,25,26,28). The van der Waals surface area contributed by atoms with E-state index in [0.29, 0.717) is 24.0 Å². The van der Waals surface area contributed by atoms with Crippen molar-refractivity contribution in [2.75, 3.05) is 19.0 Å². The van der Waals surface area contributed by atoms with Crippen LogP contribution in [0.2, 0.25) is 0 Å². The van der Waals surface area contributed by atoms with Gasteiger partial charge in [-0.25, -0.2) is 9.78 Å². The topological polar surface area (TPSA) is 67.4 Å². The number of thiazole rings is 1. The van der Waals surface area contributed by atoms with Crippen LogP contribution in [0.4, 0.5) is 9.93 Å². The number of hydrogen-bond donors (Lipinski definition) is 1. The molecule has 0 atom stereocenters. The first-order valence-electron chi connectivity index (χ1n) is 9.67. The van der Waals surface area contributed by atoms with Crippen LogP contribution in [-0.2, 0) is 6.54 Å². The monoisotopic (exact) mass is 418 g/mol. The summed E-state index contributed by atoms with van der Waals surface area (Å²) in [6.45, 7) is 3.04. The van der Waals surface area contributed by atoms with Gasteiger partial charge < -0.3 is 9.64 Å². The molecule has 0 unspecified atom stereocenters. The summed E-state index contributed by atoms with van der Waals surface area (Å²) in [6, 6.07) is 17.7. The number of benzene rings is 2. The number of methoxy groups -OCH3 is 1. The molecule has 0 aliphatic heterocycles. The largest absolute Gasteiger partial charge is 0.494 e. The lowest BCUT2D eigenvalue weighted by molar-refractivity contribution is 0.212. The lowest BCUT2D eigenvalue weighted by Gasteiger charge is -2.20. The highest BCUT2D eigenvalue weighted by Gasteiger charge is 2.18. The molecule has 2 aromatic carbocycles. The summed E-state index contributed by atoms with van der Waals surface area (Å²) in [6.07, 6.45) is 3.46. The molecule has 0 fully saturated rings. The van der Waals surface area contributed by atoms with E-state index < -0.39 is 0 Å². The highest BCUT2D eigenvalue weighted by molar-refractivity contribution is 7.23. The first-order chi connectivity index (χ1) is 14.7. The second-order valence-corrected chi connectivity index (χ2v) is 7.68. The maximum atomic E-state index is 12.9. The number of pyridine rings is 1. The maximum Gasteiger partial charge on any atom is 0.323 e. The highest BCUT2D eigenvalue weighted by atomic mass is 32.1. The van der Waals surface area contributed by atoms with Gasteiger partial charge in [0.15, 0.2) is 5.13 Å². The summed E-state index contributed by atoms with van der Waals surface area (Å²) in [5.41, 5.74) is 3.93. The SMILES string of the molecule is CCN(Cc1ccncc1)C(=O)Nc1nc2c(OC)ccc(-c3ccccc3)c2s1. The number of ether oxygens (including phenoxy) is 1. The Labute approximate surface area is 179 Å². The molecule has 2 aromatic heterocycles. The lowest BCUT2D eigenvalue weighted by atomic mass is 10.1. The maximum absolute atomic E-state index is 12.9. The van der Waals surface area contributed by atoms with Crippen molar-refractivity contribution in [2.45, 2.75) is 13.5 Å². The first kappa shape index (κ1) is 19.8. The van der Waals surface area contributed by atoms with Gasteiger partial charge in [0.25, 0.3) is 0 Å². The van der Waals surface area contributed by atoms with Gasteiger partial charge >= 0.3 is 6.03 Å². The molecule has 0 radical (unpaired) electrons. The zero-order valence-corrected chi connectivity index (χ0v) is 17.6. The van der Waals surface area contributed by atoms with Crippen molar-refractivity contribution in [2.24, 2.45) is 0 Å². The minimum atomic E-state index is -0.186. The number of carbonyl (C=O) groups is 1. The van der Waals surface area contributed by atoms with Crippen LogP contribution in [0.25, 0.3) is 21.3 Å². The van der Waals surface area contributed by atoms with Crippen molar-refractivity contribution >= 4 is 32.7 Å². The Morgan fingerprint density at radius 2 is 1.87 bits per heavy atom. The number of fused-ring (bicyclic) bond motifs is 1. The average molecular weight is 419 g/mol. The van der Waals surface area contributed by atoms with Gasteiger partial charge in [-0.05, 0) is 42.3 Å². The van der Waals surface area contributed by atoms with E-state index in [2.05, 4.69) is 27.4 Å². The van der Waals surface area contributed by atoms with Crippen LogP contribution in [0.5, 0.6) is 5.75 Å². The summed E-state index contributed by atoms with van der Waals surface area (Å²) in [7, 11) is 1.63. The predicted octanol–water partition coefficient (Wildman–Crippen LogP) is 5.42. The van der Waals surface area contributed by atoms with Gasteiger partial charge in [-0.3, -0.25) is 10.3 Å². The molecule has 1 N–H and O–H groups in total. The number of carbonyl (C=O) groups excluding carboxylic acids is 1. The molecule has 152 valence electrons. The van der Waals surface area contributed by atoms with E-state index in [1.807, 2.05) is 49.4 Å². The smallest absolute Gasteiger partial charge is 0.323 e. The van der Waals surface area contributed by atoms with E-state index >= 15 is 0 Å². The van der Waals surface area contributed by atoms with Crippen molar-refractivity contribution in [3.8, 4) is 16.9 Å². The Hall–Kier alpha value is -3.45. The Bertz CT molecular complexity index is 1150. The summed E-state index contributed by atoms with van der Waals surface area (Å²) < 4.78 is 6.48. The molecule has 0 saturated carbocycles. The van der Waals surface area contributed by atoms with Crippen LogP contribution in [0.1, 0.15) is 12.5 Å². The van der Waals surface area contributed by atoms with Crippen LogP contribution in [0, 0.1) is 0 Å². The molecule has 0 saturated heterocycles. The van der Waals surface area contributed by atoms with Gasteiger partial charge in [0.05, 0.1) is 11.8 Å². The molecule has 7 heteroatoms. The van der Waals surface area contributed by atoms with Crippen molar-refractivity contribution in [3.05, 3.63) is 72.6 Å². The highest BCUT2D eigenvalue weighted by Crippen LogP contribution is 2.39. The van der Waals surface area contributed by atoms with Crippen molar-refractivity contribution in [3.63, 3.8) is 0 Å². The zero-order valence-electron chi connectivity index (χ0n) is 16.8. The van der Waals surface area contributed by atoms with Crippen molar-refractivity contribution in [1.29, 1.82) is 0 Å². The molecule has 2 heterocycles. The van der Waals surface area contributed by atoms with Crippen LogP contribution in [-0.4, -0.2) is 34.6 Å². The van der Waals surface area contributed by atoms with Crippen LogP contribution >= 0.6 is 11.3 Å². The zero-order chi connectivity index (χ0) is 20.9. The number of rotatable bonds is 6. The average Bonchev–Trinajstić information content (AvgIpc) is 3.21. The normalized spacial score (nSPS) is 10.7. The summed E-state index contributed by atoms with van der Waals surface area (Å²) in [4.78, 5) is 23.3. The van der Waals surface area contributed by atoms with E-state index in [0.717, 1.165) is 26.9 Å². The number of nitrogens with zero attached hydrogens (tertiary/aromatic N) is 3. The fraction of sp³-hybridized carbons (Fsp3) is 0.174. The van der Waals surface area contributed by atoms with Gasteiger partial charge in [0.1, 0.15) is 11.3 Å². The minimum absolute atomic E-state index is 0.186. The molecule has 0 aliphatic carbocycles. The predicted molar refractivity (Wildman–Crippen MR) is 121 cm³/mol. The van der Waals surface area contributed by atoms with Gasteiger partial charge in [-0.15, -0.1) is 0 Å². The number of anilines is 1. The van der Waals surface area contributed by atoms with Gasteiger partial charge in [-0.2, -0.15) is 0 Å². The minimum Gasteiger partial charge on any atom is -0.494 e. The van der Waals surface area contributed by atoms with Crippen LogP contribution in [0.15, 0.2) is 67.0 Å². The molecule has 30 heavy (non-hydrogen) atoms. The van der Waals surface area contributed by atoms with E-state index in [4.69, 9.17) is 4.74 Å². The van der Waals surface area contributed by atoms with Crippen LogP contribution in [0.3, 0.4) is 0 Å². The Morgan fingerprint density at radius 3 is 2.57 bits per heavy atom. The lowest BCUT2D eigenvalue weighted by Crippen LogP contribution is -2.34. The Morgan fingerprint density at radius 1 is 1.10 bits per heavy atom. The summed E-state index contributed by atoms with van der Waals surface area (Å²) in [5.74, 6) is 0.686. The van der Waals surface area contributed by atoms with Gasteiger partial charge in [-0.1, -0.05) is 41.7 Å². The van der Waals surface area contributed by atoms with E-state index in [1.54, 1.807) is 24.4 Å². The quantitative estimate of drug-likeness (QED) is 0.454. The Kier molecular flexibility index (Phi) is 5.90. The molecule has 0 spiro atoms. The molecular weight excluding hydrogens is 396 g/mol. The second-order valence-electron chi connectivity index (χ2n) is 6.68. The van der Waals surface area contributed by atoms with E-state index in [9.17, 15) is 4.79 Å². The third-order valence-corrected chi connectivity index (χ3v) is 5.82. The third kappa shape index (κ3) is 4.11. The first-order valence-corrected chi connectivity index (χ1v) is 10.5. The molecular formula is C23H22N4O2S. The number of urea groups is 1. The second kappa shape index (κ2) is 8.92. The van der Waals surface area contributed by atoms with E-state index in [-0.39, 0.29) is 6.03 Å². The fourth-order valence-electron chi connectivity index (χ4n) is 3.25. The molecule has 4 rings (SSSR count). The Balaban J connectivity index is 1.63. The molecule has 0 bridgehead atoms. The van der Waals surface area contributed by atoms with E-state index in [1.165, 1.54) is 11.3 Å². The number of nitrogens with one attached hydrogen (secondary N) is 1. The van der Waals surface area contributed by atoms with Crippen LogP contribution < -0.4 is 10.1 Å². The van der Waals surface area contributed by atoms with Crippen molar-refractivity contribution < 1.29 is 9.53 Å². The molecule has 6 nitrogen and oxygen atoms in total. The summed E-state index contributed by atoms with van der Waals surface area (Å²) in [5, 5.41) is 3.50. The number of hydrogen-bond acceptors (Lipinski definition) is 5. The number of aromatic nitrogens is 2. The number of amides is 2. The van der Waals surface area contributed by atoms with Gasteiger partial charge in [0.2, 0.25) is 0 Å². The summed E-state index contributed by atoms with van der Waals surface area (Å²) >= 11 is 1.45.